The molecule has 0 saturated heterocycles. The summed E-state index contributed by atoms with van der Waals surface area (Å²) in [5.41, 5.74) is 2.63. The van der Waals surface area contributed by atoms with Crippen molar-refractivity contribution >= 4 is 34.1 Å². The molecule has 0 unspecified atom stereocenters. The summed E-state index contributed by atoms with van der Waals surface area (Å²) in [5.74, 6) is 0.688. The summed E-state index contributed by atoms with van der Waals surface area (Å²) in [7, 11) is 1.80. The van der Waals surface area contributed by atoms with Crippen molar-refractivity contribution < 1.29 is 0 Å². The molecule has 0 bridgehead atoms. The number of nitrogens with one attached hydrogen (secondary N) is 1. The average Bonchev–Trinajstić information content (AvgIpc) is 3.18. The van der Waals surface area contributed by atoms with Crippen LogP contribution in [-0.4, -0.2) is 14.1 Å². The molecule has 1 aliphatic rings. The molecule has 2 aromatic heterocycles. The Labute approximate surface area is 144 Å². The van der Waals surface area contributed by atoms with Gasteiger partial charge in [0.15, 0.2) is 0 Å². The fourth-order valence-electron chi connectivity index (χ4n) is 3.54. The highest BCUT2D eigenvalue weighted by atomic mass is 35.5. The Kier molecular flexibility index (Phi) is 3.81. The molecule has 1 saturated carbocycles. The van der Waals surface area contributed by atoms with Crippen molar-refractivity contribution in [3.63, 3.8) is 0 Å². The number of benzene rings is 1. The maximum Gasteiger partial charge on any atom is 0.329 e. The van der Waals surface area contributed by atoms with Crippen LogP contribution in [0.15, 0.2) is 41.3 Å². The van der Waals surface area contributed by atoms with Gasteiger partial charge in [0, 0.05) is 19.2 Å². The largest absolute Gasteiger partial charge is 0.339 e. The Bertz CT molecular complexity index is 953. The summed E-state index contributed by atoms with van der Waals surface area (Å²) in [5, 5.41) is 3.88. The lowest BCUT2D eigenvalue weighted by atomic mass is 10.2. The monoisotopic (exact) mass is 342 g/mol. The molecular formula is C18H19ClN4O. The molecule has 24 heavy (non-hydrogen) atoms. The first-order valence-electron chi connectivity index (χ1n) is 8.23. The fraction of sp³-hybridized carbons (Fsp3) is 0.333. The zero-order valence-electron chi connectivity index (χ0n) is 13.5. The smallest absolute Gasteiger partial charge is 0.329 e. The van der Waals surface area contributed by atoms with Crippen LogP contribution in [0.25, 0.3) is 11.0 Å². The average molecular weight is 343 g/mol. The van der Waals surface area contributed by atoms with E-state index in [2.05, 4.69) is 10.3 Å². The van der Waals surface area contributed by atoms with E-state index in [1.165, 1.54) is 12.8 Å². The number of nitrogens with zero attached hydrogens (tertiary/aromatic N) is 3. The topological polar surface area (TPSA) is 51.9 Å². The zero-order chi connectivity index (χ0) is 16.7. The number of para-hydroxylation sites is 1. The van der Waals surface area contributed by atoms with Gasteiger partial charge in [0.05, 0.1) is 27.9 Å². The van der Waals surface area contributed by atoms with Crippen LogP contribution in [0.4, 0.5) is 11.5 Å². The predicted molar refractivity (Wildman–Crippen MR) is 97.2 cm³/mol. The van der Waals surface area contributed by atoms with Gasteiger partial charge in [-0.1, -0.05) is 36.6 Å². The van der Waals surface area contributed by atoms with Crippen molar-refractivity contribution in [1.82, 2.24) is 14.1 Å². The van der Waals surface area contributed by atoms with Gasteiger partial charge in [-0.25, -0.2) is 9.78 Å². The maximum absolute atomic E-state index is 12.7. The number of rotatable bonds is 3. The summed E-state index contributed by atoms with van der Waals surface area (Å²) < 4.78 is 3.61. The molecular weight excluding hydrogens is 324 g/mol. The van der Waals surface area contributed by atoms with Gasteiger partial charge in [0.1, 0.15) is 5.82 Å². The van der Waals surface area contributed by atoms with E-state index in [1.54, 1.807) is 17.8 Å². The van der Waals surface area contributed by atoms with Crippen LogP contribution in [0.1, 0.15) is 31.7 Å². The lowest BCUT2D eigenvalue weighted by Gasteiger charge is -2.12. The second-order valence-electron chi connectivity index (χ2n) is 6.31. The standard InChI is InChI=1S/C18H19ClN4O/c1-22-16-11-20-17(21-14-9-5-4-8-13(14)19)10-15(16)23(18(22)24)12-6-2-3-7-12/h4-5,8-12H,2-3,6-7H2,1H3,(H,20,21). The number of fused-ring (bicyclic) bond motifs is 1. The molecule has 4 rings (SSSR count). The van der Waals surface area contributed by atoms with Crippen molar-refractivity contribution in [2.75, 3.05) is 5.32 Å². The van der Waals surface area contributed by atoms with E-state index >= 15 is 0 Å². The van der Waals surface area contributed by atoms with Gasteiger partial charge in [-0.05, 0) is 25.0 Å². The van der Waals surface area contributed by atoms with Crippen LogP contribution in [0.3, 0.4) is 0 Å². The SMILES string of the molecule is Cn1c(=O)n(C2CCCC2)c2cc(Nc3ccccc3Cl)ncc21. The molecule has 0 aliphatic heterocycles. The number of aromatic nitrogens is 3. The minimum Gasteiger partial charge on any atom is -0.339 e. The Balaban J connectivity index is 1.81. The molecule has 3 aromatic rings. The van der Waals surface area contributed by atoms with Crippen molar-refractivity contribution in [3.8, 4) is 0 Å². The van der Waals surface area contributed by atoms with Gasteiger partial charge < -0.3 is 5.32 Å². The summed E-state index contributed by atoms with van der Waals surface area (Å²) in [6.45, 7) is 0. The van der Waals surface area contributed by atoms with Gasteiger partial charge in [-0.2, -0.15) is 0 Å². The van der Waals surface area contributed by atoms with E-state index in [1.807, 2.05) is 34.9 Å². The second-order valence-corrected chi connectivity index (χ2v) is 6.72. The van der Waals surface area contributed by atoms with Crippen LogP contribution in [0.5, 0.6) is 0 Å². The van der Waals surface area contributed by atoms with Crippen LogP contribution in [-0.2, 0) is 7.05 Å². The first-order chi connectivity index (χ1) is 11.6. The highest BCUT2D eigenvalue weighted by molar-refractivity contribution is 6.33. The van der Waals surface area contributed by atoms with E-state index in [4.69, 9.17) is 11.6 Å². The van der Waals surface area contributed by atoms with E-state index in [0.29, 0.717) is 10.8 Å². The van der Waals surface area contributed by atoms with Crippen LogP contribution in [0, 0.1) is 0 Å². The quantitative estimate of drug-likeness (QED) is 0.774. The molecule has 6 heteroatoms. The zero-order valence-corrected chi connectivity index (χ0v) is 14.3. The molecule has 1 N–H and O–H groups in total. The molecule has 2 heterocycles. The Hall–Kier alpha value is -2.27. The van der Waals surface area contributed by atoms with Gasteiger partial charge in [0.25, 0.3) is 0 Å². The predicted octanol–water partition coefficient (Wildman–Crippen LogP) is 4.25. The van der Waals surface area contributed by atoms with Gasteiger partial charge in [-0.15, -0.1) is 0 Å². The summed E-state index contributed by atoms with van der Waals surface area (Å²) in [4.78, 5) is 17.1. The fourth-order valence-corrected chi connectivity index (χ4v) is 3.72. The molecule has 5 nitrogen and oxygen atoms in total. The van der Waals surface area contributed by atoms with E-state index < -0.39 is 0 Å². The van der Waals surface area contributed by atoms with Crippen molar-refractivity contribution in [2.45, 2.75) is 31.7 Å². The number of imidazole rings is 1. The Morgan fingerprint density at radius 2 is 1.96 bits per heavy atom. The molecule has 0 spiro atoms. The Morgan fingerprint density at radius 1 is 1.21 bits per heavy atom. The van der Waals surface area contributed by atoms with Crippen molar-refractivity contribution in [1.29, 1.82) is 0 Å². The van der Waals surface area contributed by atoms with Gasteiger partial charge in [0.2, 0.25) is 0 Å². The minimum atomic E-state index is 0.0357. The molecule has 0 amide bonds. The summed E-state index contributed by atoms with van der Waals surface area (Å²) >= 11 is 6.21. The molecule has 0 atom stereocenters. The van der Waals surface area contributed by atoms with Crippen LogP contribution in [0.2, 0.25) is 5.02 Å². The molecule has 1 aliphatic carbocycles. The summed E-state index contributed by atoms with van der Waals surface area (Å²) in [6, 6.07) is 9.78. The lowest BCUT2D eigenvalue weighted by Crippen LogP contribution is -2.24. The third-order valence-corrected chi connectivity index (χ3v) is 5.13. The number of anilines is 2. The number of aryl methyl sites for hydroxylation is 1. The normalized spacial score (nSPS) is 15.2. The molecule has 124 valence electrons. The lowest BCUT2D eigenvalue weighted by molar-refractivity contribution is 0.509. The van der Waals surface area contributed by atoms with E-state index in [-0.39, 0.29) is 11.7 Å². The number of hydrogen-bond acceptors (Lipinski definition) is 3. The number of halogens is 1. The number of hydrogen-bond donors (Lipinski definition) is 1. The third kappa shape index (κ3) is 2.49. The van der Waals surface area contributed by atoms with Crippen molar-refractivity contribution in [2.24, 2.45) is 7.05 Å². The minimum absolute atomic E-state index is 0.0357. The highest BCUT2D eigenvalue weighted by Crippen LogP contribution is 2.32. The first kappa shape index (κ1) is 15.3. The molecule has 1 fully saturated rings. The van der Waals surface area contributed by atoms with Gasteiger partial charge >= 0.3 is 5.69 Å². The van der Waals surface area contributed by atoms with Crippen LogP contribution >= 0.6 is 11.6 Å². The van der Waals surface area contributed by atoms with Gasteiger partial charge in [-0.3, -0.25) is 9.13 Å². The Morgan fingerprint density at radius 3 is 2.71 bits per heavy atom. The highest BCUT2D eigenvalue weighted by Gasteiger charge is 2.23. The second kappa shape index (κ2) is 5.98. The summed E-state index contributed by atoms with van der Waals surface area (Å²) in [6.07, 6.45) is 6.25. The van der Waals surface area contributed by atoms with E-state index in [9.17, 15) is 4.79 Å². The van der Waals surface area contributed by atoms with E-state index in [0.717, 1.165) is 29.6 Å². The molecule has 0 radical (unpaired) electrons. The number of pyridine rings is 1. The van der Waals surface area contributed by atoms with Crippen molar-refractivity contribution in [3.05, 3.63) is 52.0 Å². The molecule has 1 aromatic carbocycles. The third-order valence-electron chi connectivity index (χ3n) is 4.80. The maximum atomic E-state index is 12.7. The first-order valence-corrected chi connectivity index (χ1v) is 8.61. The van der Waals surface area contributed by atoms with Crippen LogP contribution < -0.4 is 11.0 Å².